The fraction of sp³-hybridized carbons (Fsp3) is 0.375. The molecule has 5 nitrogen and oxygen atoms in total. The maximum Gasteiger partial charge on any atom is 0.228 e. The zero-order chi connectivity index (χ0) is 15.0. The number of allylic oxidation sites excluding steroid dienone is 2. The number of carbonyl (C=O) groups excluding carboxylic acids is 2. The molecule has 110 valence electrons. The third-order valence-electron chi connectivity index (χ3n) is 4.37. The van der Waals surface area contributed by atoms with E-state index in [0.29, 0.717) is 11.4 Å². The number of hydrogen-bond donors (Lipinski definition) is 1. The third kappa shape index (κ3) is 2.39. The van der Waals surface area contributed by atoms with Crippen LogP contribution in [0.4, 0.5) is 5.69 Å². The van der Waals surface area contributed by atoms with E-state index in [1.807, 2.05) is 12.2 Å². The zero-order valence-corrected chi connectivity index (χ0v) is 11.6. The van der Waals surface area contributed by atoms with Crippen LogP contribution in [0.25, 0.3) is 0 Å². The van der Waals surface area contributed by atoms with Crippen LogP contribution in [0.5, 0.6) is 5.75 Å². The van der Waals surface area contributed by atoms with Gasteiger partial charge in [0.25, 0.3) is 0 Å². The Kier molecular flexibility index (Phi) is 3.41. The van der Waals surface area contributed by atoms with Crippen molar-refractivity contribution in [3.63, 3.8) is 0 Å². The molecule has 1 aromatic rings. The Bertz CT molecular complexity index is 610. The number of methoxy groups -OCH3 is 1. The van der Waals surface area contributed by atoms with E-state index in [9.17, 15) is 14.7 Å². The number of carboxylic acid groups (broad SMARTS) is 1. The standard InChI is InChI=1S/C16H17NO4/c1-21-12-4-2-3-11(8-12)17-15(18)13-9-5-6-10(7-9)14(13)16(19)20/h2-6,8-10,13-14H,7H2,1H3,(H,17,18)(H,19,20)/p-1/t9-,10-,13+,14+/m0/s1. The summed E-state index contributed by atoms with van der Waals surface area (Å²) < 4.78 is 5.10. The van der Waals surface area contributed by atoms with Crippen LogP contribution in [0.1, 0.15) is 6.42 Å². The first kappa shape index (κ1) is 13.7. The van der Waals surface area contributed by atoms with Gasteiger partial charge in [-0.3, -0.25) is 4.79 Å². The number of carboxylic acids is 1. The molecule has 4 atom stereocenters. The first-order valence-corrected chi connectivity index (χ1v) is 6.94. The number of rotatable bonds is 4. The van der Waals surface area contributed by atoms with Crippen molar-refractivity contribution in [2.45, 2.75) is 6.42 Å². The Labute approximate surface area is 122 Å². The highest BCUT2D eigenvalue weighted by atomic mass is 16.5. The lowest BCUT2D eigenvalue weighted by molar-refractivity contribution is -0.313. The monoisotopic (exact) mass is 286 g/mol. The molecule has 5 heteroatoms. The van der Waals surface area contributed by atoms with Crippen LogP contribution < -0.4 is 15.2 Å². The molecule has 21 heavy (non-hydrogen) atoms. The molecule has 0 radical (unpaired) electrons. The Balaban J connectivity index is 1.78. The number of carbonyl (C=O) groups is 2. The minimum absolute atomic E-state index is 0.0106. The quantitative estimate of drug-likeness (QED) is 0.831. The summed E-state index contributed by atoms with van der Waals surface area (Å²) in [5, 5.41) is 14.1. The highest BCUT2D eigenvalue weighted by Crippen LogP contribution is 2.48. The lowest BCUT2D eigenvalue weighted by Gasteiger charge is -2.27. The summed E-state index contributed by atoms with van der Waals surface area (Å²) in [4.78, 5) is 23.8. The molecule has 2 aliphatic carbocycles. The van der Waals surface area contributed by atoms with Gasteiger partial charge in [-0.05, 0) is 30.4 Å². The Morgan fingerprint density at radius 3 is 2.62 bits per heavy atom. The van der Waals surface area contributed by atoms with Crippen LogP contribution in [0.2, 0.25) is 0 Å². The summed E-state index contributed by atoms with van der Waals surface area (Å²) in [5.41, 5.74) is 0.600. The minimum atomic E-state index is -1.14. The molecule has 2 bridgehead atoms. The molecule has 1 amide bonds. The average molecular weight is 286 g/mol. The first-order valence-electron chi connectivity index (χ1n) is 6.94. The van der Waals surface area contributed by atoms with Gasteiger partial charge in [0, 0.05) is 23.6 Å². The van der Waals surface area contributed by atoms with Crippen LogP contribution in [0, 0.1) is 23.7 Å². The predicted octanol–water partition coefficient (Wildman–Crippen LogP) is 0.822. The molecule has 0 aliphatic heterocycles. The molecule has 1 saturated carbocycles. The van der Waals surface area contributed by atoms with Gasteiger partial charge in [-0.25, -0.2) is 0 Å². The van der Waals surface area contributed by atoms with Crippen molar-refractivity contribution in [3.05, 3.63) is 36.4 Å². The zero-order valence-electron chi connectivity index (χ0n) is 11.6. The summed E-state index contributed by atoms with van der Waals surface area (Å²) in [6, 6.07) is 7.00. The second kappa shape index (κ2) is 5.24. The summed E-state index contributed by atoms with van der Waals surface area (Å²) in [6.45, 7) is 0. The van der Waals surface area contributed by atoms with Crippen LogP contribution in [-0.2, 0) is 9.59 Å². The van der Waals surface area contributed by atoms with Crippen molar-refractivity contribution >= 4 is 17.6 Å². The van der Waals surface area contributed by atoms with Gasteiger partial charge in [-0.2, -0.15) is 0 Å². The van der Waals surface area contributed by atoms with Gasteiger partial charge in [-0.1, -0.05) is 18.2 Å². The first-order chi connectivity index (χ1) is 10.1. The van der Waals surface area contributed by atoms with Crippen LogP contribution in [-0.4, -0.2) is 19.0 Å². The summed E-state index contributed by atoms with van der Waals surface area (Å²) in [6.07, 6.45) is 4.55. The van der Waals surface area contributed by atoms with Crippen molar-refractivity contribution in [2.24, 2.45) is 23.7 Å². The average Bonchev–Trinajstić information content (AvgIpc) is 3.07. The molecular weight excluding hydrogens is 270 g/mol. The molecule has 0 unspecified atom stereocenters. The van der Waals surface area contributed by atoms with Gasteiger partial charge in [-0.15, -0.1) is 0 Å². The number of benzene rings is 1. The van der Waals surface area contributed by atoms with E-state index in [0.717, 1.165) is 6.42 Å². The lowest BCUT2D eigenvalue weighted by Crippen LogP contribution is -2.42. The van der Waals surface area contributed by atoms with E-state index in [1.165, 1.54) is 0 Å². The van der Waals surface area contributed by atoms with Gasteiger partial charge >= 0.3 is 0 Å². The van der Waals surface area contributed by atoms with Crippen LogP contribution in [0.3, 0.4) is 0 Å². The number of amides is 1. The molecule has 1 N–H and O–H groups in total. The smallest absolute Gasteiger partial charge is 0.228 e. The van der Waals surface area contributed by atoms with E-state index >= 15 is 0 Å². The predicted molar refractivity (Wildman–Crippen MR) is 74.3 cm³/mol. The van der Waals surface area contributed by atoms with E-state index in [4.69, 9.17) is 4.74 Å². The summed E-state index contributed by atoms with van der Waals surface area (Å²) >= 11 is 0. The topological polar surface area (TPSA) is 78.5 Å². The number of hydrogen-bond acceptors (Lipinski definition) is 4. The summed E-state index contributed by atoms with van der Waals surface area (Å²) in [5.74, 6) is -2.16. The number of aliphatic carboxylic acids is 1. The Hall–Kier alpha value is -2.30. The van der Waals surface area contributed by atoms with Gasteiger partial charge < -0.3 is 20.0 Å². The highest BCUT2D eigenvalue weighted by molar-refractivity contribution is 5.96. The molecule has 0 heterocycles. The second-order valence-electron chi connectivity index (χ2n) is 5.54. The van der Waals surface area contributed by atoms with Crippen molar-refractivity contribution in [2.75, 3.05) is 12.4 Å². The van der Waals surface area contributed by atoms with Crippen LogP contribution >= 0.6 is 0 Å². The van der Waals surface area contributed by atoms with Crippen LogP contribution in [0.15, 0.2) is 36.4 Å². The van der Waals surface area contributed by atoms with Gasteiger partial charge in [0.1, 0.15) is 5.75 Å². The molecule has 0 saturated heterocycles. The molecule has 1 aromatic carbocycles. The number of fused-ring (bicyclic) bond motifs is 2. The van der Waals surface area contributed by atoms with E-state index in [2.05, 4.69) is 5.32 Å². The lowest BCUT2D eigenvalue weighted by atomic mass is 9.82. The maximum absolute atomic E-state index is 12.4. The fourth-order valence-electron chi connectivity index (χ4n) is 3.43. The molecule has 3 rings (SSSR count). The molecular formula is C16H16NO4-. The molecule has 1 fully saturated rings. The molecule has 0 spiro atoms. The molecule has 2 aliphatic rings. The third-order valence-corrected chi connectivity index (χ3v) is 4.37. The Morgan fingerprint density at radius 1 is 1.24 bits per heavy atom. The van der Waals surface area contributed by atoms with Crippen molar-refractivity contribution < 1.29 is 19.4 Å². The maximum atomic E-state index is 12.4. The fourth-order valence-corrected chi connectivity index (χ4v) is 3.43. The van der Waals surface area contributed by atoms with Crippen molar-refractivity contribution in [1.29, 1.82) is 0 Å². The SMILES string of the molecule is COc1cccc(NC(=O)[C@H]2[C@H](C(=O)[O-])[C@H]3C=C[C@H]2C3)c1. The van der Waals surface area contributed by atoms with Crippen molar-refractivity contribution in [3.8, 4) is 5.75 Å². The number of ether oxygens (including phenoxy) is 1. The Morgan fingerprint density at radius 2 is 1.95 bits per heavy atom. The van der Waals surface area contributed by atoms with Gasteiger partial charge in [0.2, 0.25) is 5.91 Å². The largest absolute Gasteiger partial charge is 0.550 e. The van der Waals surface area contributed by atoms with E-state index in [1.54, 1.807) is 31.4 Å². The summed E-state index contributed by atoms with van der Waals surface area (Å²) in [7, 11) is 1.55. The van der Waals surface area contributed by atoms with E-state index < -0.39 is 17.8 Å². The highest BCUT2D eigenvalue weighted by Gasteiger charge is 2.48. The van der Waals surface area contributed by atoms with Gasteiger partial charge in [0.05, 0.1) is 13.0 Å². The number of anilines is 1. The second-order valence-corrected chi connectivity index (χ2v) is 5.54. The van der Waals surface area contributed by atoms with E-state index in [-0.39, 0.29) is 17.7 Å². The van der Waals surface area contributed by atoms with Gasteiger partial charge in [0.15, 0.2) is 0 Å². The van der Waals surface area contributed by atoms with Crippen molar-refractivity contribution in [1.82, 2.24) is 0 Å². The molecule has 0 aromatic heterocycles. The minimum Gasteiger partial charge on any atom is -0.550 e. The normalized spacial score (nSPS) is 29.4. The number of nitrogens with one attached hydrogen (secondary N) is 1.